The maximum Gasteiger partial charge on any atom is 0.352 e. The summed E-state index contributed by atoms with van der Waals surface area (Å²) < 4.78 is 23.1. The zero-order valence-electron chi connectivity index (χ0n) is 15.5. The Morgan fingerprint density at radius 3 is 2.73 bits per heavy atom. The molecule has 3 unspecified atom stereocenters. The Bertz CT molecular complexity index is 1060. The molecule has 2 amide bonds. The quantitative estimate of drug-likeness (QED) is 0.302. The lowest BCUT2D eigenvalue weighted by Crippen LogP contribution is -2.71. The summed E-state index contributed by atoms with van der Waals surface area (Å²) in [6.07, 6.45) is 0.741. The summed E-state index contributed by atoms with van der Waals surface area (Å²) in [6, 6.07) is 0.268. The van der Waals surface area contributed by atoms with Crippen LogP contribution in [-0.4, -0.2) is 90.8 Å². The van der Waals surface area contributed by atoms with E-state index in [-0.39, 0.29) is 16.7 Å². The molecule has 1 aromatic rings. The van der Waals surface area contributed by atoms with E-state index in [9.17, 15) is 27.9 Å². The second-order valence-corrected chi connectivity index (χ2v) is 10.9. The fourth-order valence-corrected chi connectivity index (χ4v) is 6.05. The fraction of sp³-hybridized carbons (Fsp3) is 0.500. The molecule has 3 N–H and O–H groups in total. The van der Waals surface area contributed by atoms with Gasteiger partial charge in [-0.3, -0.25) is 14.5 Å². The number of β-lactam (4-membered cyclic amide) rings is 1. The molecule has 3 rings (SSSR count). The van der Waals surface area contributed by atoms with Gasteiger partial charge >= 0.3 is 5.97 Å². The number of aliphatic carboxylic acids is 1. The predicted molar refractivity (Wildman–Crippen MR) is 103 cm³/mol. The van der Waals surface area contributed by atoms with Crippen molar-refractivity contribution >= 4 is 51.1 Å². The van der Waals surface area contributed by atoms with Crippen LogP contribution in [0, 0.1) is 11.3 Å². The van der Waals surface area contributed by atoms with Crippen LogP contribution in [0.1, 0.15) is 6.92 Å². The lowest BCUT2D eigenvalue weighted by molar-refractivity contribution is -0.150. The number of amides is 2. The van der Waals surface area contributed by atoms with Gasteiger partial charge in [0.05, 0.1) is 6.07 Å². The molecule has 0 aromatic carbocycles. The highest BCUT2D eigenvalue weighted by atomic mass is 32.2. The highest BCUT2D eigenvalue weighted by molar-refractivity contribution is 8.01. The van der Waals surface area contributed by atoms with Crippen molar-refractivity contribution < 1.29 is 27.9 Å². The maximum atomic E-state index is 12.6. The Labute approximate surface area is 178 Å². The second-order valence-electron chi connectivity index (χ2n) is 6.38. The van der Waals surface area contributed by atoms with Gasteiger partial charge in [-0.25, -0.2) is 18.3 Å². The van der Waals surface area contributed by atoms with Gasteiger partial charge in [0.25, 0.3) is 11.8 Å². The van der Waals surface area contributed by atoms with E-state index in [0.717, 1.165) is 11.2 Å². The number of nitriles is 1. The van der Waals surface area contributed by atoms with Crippen molar-refractivity contribution in [2.45, 2.75) is 34.0 Å². The summed E-state index contributed by atoms with van der Waals surface area (Å²) >= 11 is 2.42. The minimum Gasteiger partial charge on any atom is -0.477 e. The number of aromatic nitrogens is 4. The van der Waals surface area contributed by atoms with Gasteiger partial charge in [0.1, 0.15) is 17.1 Å². The van der Waals surface area contributed by atoms with E-state index in [2.05, 4.69) is 25.9 Å². The second kappa shape index (κ2) is 8.24. The number of hydrogen-bond donors (Lipinski definition) is 3. The lowest BCUT2D eigenvalue weighted by atomic mass is 10.0. The molecule has 1 saturated heterocycles. The van der Waals surface area contributed by atoms with Crippen molar-refractivity contribution in [3.05, 3.63) is 11.3 Å². The van der Waals surface area contributed by atoms with E-state index in [1.165, 1.54) is 29.6 Å². The van der Waals surface area contributed by atoms with Crippen LogP contribution in [0.25, 0.3) is 0 Å². The Morgan fingerprint density at radius 1 is 1.50 bits per heavy atom. The molecular formula is C14H15N7O6S3. The molecule has 2 aliphatic heterocycles. The van der Waals surface area contributed by atoms with E-state index in [1.54, 1.807) is 6.92 Å². The van der Waals surface area contributed by atoms with Crippen LogP contribution in [0.4, 0.5) is 0 Å². The average molecular weight is 474 g/mol. The Kier molecular flexibility index (Phi) is 6.06. The van der Waals surface area contributed by atoms with E-state index in [1.807, 2.05) is 0 Å². The van der Waals surface area contributed by atoms with Gasteiger partial charge in [0, 0.05) is 17.3 Å². The molecule has 13 nitrogen and oxygen atoms in total. The number of nitrogens with one attached hydrogen (secondary N) is 2. The number of tetrazole rings is 1. The van der Waals surface area contributed by atoms with Gasteiger partial charge < -0.3 is 10.4 Å². The van der Waals surface area contributed by atoms with Crippen molar-refractivity contribution in [2.75, 3.05) is 12.0 Å². The van der Waals surface area contributed by atoms with Gasteiger partial charge in [-0.2, -0.15) is 5.26 Å². The first-order valence-electron chi connectivity index (χ1n) is 8.26. The van der Waals surface area contributed by atoms with Gasteiger partial charge in [0.2, 0.25) is 10.4 Å². The van der Waals surface area contributed by atoms with E-state index in [4.69, 9.17) is 5.26 Å². The van der Waals surface area contributed by atoms with Gasteiger partial charge in [0.15, 0.2) is 9.84 Å². The number of carboxylic acid groups (broad SMARTS) is 1. The topological polar surface area (TPSA) is 199 Å². The Morgan fingerprint density at radius 2 is 2.20 bits per heavy atom. The molecule has 3 heterocycles. The fourth-order valence-electron chi connectivity index (χ4n) is 2.97. The number of carbonyl (C=O) groups is 3. The molecule has 30 heavy (non-hydrogen) atoms. The number of carbonyl (C=O) groups excluding carboxylic acids is 2. The lowest BCUT2D eigenvalue weighted by Gasteiger charge is -2.50. The van der Waals surface area contributed by atoms with Crippen molar-refractivity contribution in [1.82, 2.24) is 30.8 Å². The number of H-pyrrole nitrogens is 1. The van der Waals surface area contributed by atoms with Gasteiger partial charge in [-0.15, -0.1) is 16.9 Å². The average Bonchev–Trinajstić information content (AvgIpc) is 3.16. The molecule has 0 saturated carbocycles. The molecule has 2 aliphatic rings. The largest absolute Gasteiger partial charge is 0.477 e. The first-order chi connectivity index (χ1) is 14.1. The summed E-state index contributed by atoms with van der Waals surface area (Å²) in [5.74, 6) is -2.86. The molecule has 1 fully saturated rings. The van der Waals surface area contributed by atoms with E-state index >= 15 is 0 Å². The van der Waals surface area contributed by atoms with Crippen LogP contribution in [0.5, 0.6) is 0 Å². The monoisotopic (exact) mass is 473 g/mol. The smallest absolute Gasteiger partial charge is 0.352 e. The third kappa shape index (κ3) is 4.00. The number of aromatic amines is 1. The number of carboxylic acids is 1. The highest BCUT2D eigenvalue weighted by Gasteiger charge is 2.55. The number of nitrogens with zero attached hydrogens (tertiary/aromatic N) is 5. The van der Waals surface area contributed by atoms with Crippen LogP contribution in [-0.2, 0) is 24.2 Å². The number of hydrogen-bond acceptors (Lipinski definition) is 11. The van der Waals surface area contributed by atoms with Gasteiger partial charge in [-0.05, 0) is 22.9 Å². The van der Waals surface area contributed by atoms with Gasteiger partial charge in [-0.1, -0.05) is 11.8 Å². The molecule has 0 radical (unpaired) electrons. The highest BCUT2D eigenvalue weighted by Crippen LogP contribution is 2.43. The maximum absolute atomic E-state index is 12.6. The molecule has 0 aliphatic carbocycles. The molecule has 1 aromatic heterocycles. The number of fused-ring (bicyclic) bond motifs is 1. The van der Waals surface area contributed by atoms with Crippen molar-refractivity contribution in [3.63, 3.8) is 0 Å². The summed E-state index contributed by atoms with van der Waals surface area (Å²) in [7, 11) is -3.99. The molecule has 160 valence electrons. The number of sulfone groups is 1. The minimum atomic E-state index is -3.99. The van der Waals surface area contributed by atoms with E-state index in [0.29, 0.717) is 10.7 Å². The summed E-state index contributed by atoms with van der Waals surface area (Å²) in [4.78, 5) is 37.7. The summed E-state index contributed by atoms with van der Waals surface area (Å²) in [5, 5.41) is 31.5. The third-order valence-electron chi connectivity index (χ3n) is 4.39. The minimum absolute atomic E-state index is 0.193. The van der Waals surface area contributed by atoms with Crippen molar-refractivity contribution in [2.24, 2.45) is 0 Å². The van der Waals surface area contributed by atoms with Crippen LogP contribution >= 0.6 is 23.5 Å². The SMILES string of the molecule is CC(Sc1nnn[nH]1)C1=C(C(=O)O)N2C(=O)C(NC(=O)C(C#N)S(C)(=O)=O)[C@@H]2SC1. The summed E-state index contributed by atoms with van der Waals surface area (Å²) in [6.45, 7) is 1.75. The number of thioether (sulfide) groups is 2. The zero-order valence-corrected chi connectivity index (χ0v) is 17.9. The Balaban J connectivity index is 1.80. The predicted octanol–water partition coefficient (Wildman–Crippen LogP) is -1.64. The third-order valence-corrected chi connectivity index (χ3v) is 7.90. The first-order valence-corrected chi connectivity index (χ1v) is 12.1. The van der Waals surface area contributed by atoms with Crippen molar-refractivity contribution in [1.29, 1.82) is 5.26 Å². The summed E-state index contributed by atoms with van der Waals surface area (Å²) in [5.41, 5.74) is 0.288. The van der Waals surface area contributed by atoms with Crippen LogP contribution in [0.15, 0.2) is 16.4 Å². The first kappa shape index (κ1) is 22.1. The molecular weight excluding hydrogens is 458 g/mol. The zero-order chi connectivity index (χ0) is 22.2. The molecule has 0 bridgehead atoms. The standard InChI is InChI=1S/C14H15N7O6S3/c1-5(29-14-17-19-20-18-14)6-4-28-12-8(11(23)21(12)9(6)13(24)25)16-10(22)7(3-15)30(2,26)27/h5,7-8,12H,4H2,1-2H3,(H,16,22)(H,24,25)(H,17,18,19,20)/t5?,7?,8?,12-/m0/s1. The van der Waals surface area contributed by atoms with Crippen LogP contribution in [0.3, 0.4) is 0 Å². The van der Waals surface area contributed by atoms with Crippen molar-refractivity contribution in [3.8, 4) is 6.07 Å². The van der Waals surface area contributed by atoms with Crippen LogP contribution < -0.4 is 5.32 Å². The molecule has 4 atom stereocenters. The number of rotatable bonds is 7. The Hall–Kier alpha value is -2.64. The molecule has 16 heteroatoms. The normalized spacial score (nSPS) is 23.1. The molecule has 0 spiro atoms. The van der Waals surface area contributed by atoms with E-state index < -0.39 is 44.3 Å². The van der Waals surface area contributed by atoms with Crippen LogP contribution in [0.2, 0.25) is 0 Å².